The van der Waals surface area contributed by atoms with Gasteiger partial charge in [0.25, 0.3) is 0 Å². The van der Waals surface area contributed by atoms with Crippen molar-refractivity contribution < 1.29 is 52.4 Å². The van der Waals surface area contributed by atoms with Crippen LogP contribution in [0.2, 0.25) is 0 Å². The smallest absolute Gasteiger partial charge is 2.00 e. The second-order valence-electron chi connectivity index (χ2n) is 0. The van der Waals surface area contributed by atoms with Crippen LogP contribution in [0.5, 0.6) is 0 Å². The molecule has 30 valence electrons. The summed E-state index contributed by atoms with van der Waals surface area (Å²) in [5, 5.41) is 0. The molecule has 6 heavy (non-hydrogen) atoms. The Morgan fingerprint density at radius 2 is 0.667 bits per heavy atom. The van der Waals surface area contributed by atoms with Gasteiger partial charge in [0.2, 0.25) is 0 Å². The Morgan fingerprint density at radius 3 is 0.667 bits per heavy atom. The molecule has 0 aliphatic rings. The summed E-state index contributed by atoms with van der Waals surface area (Å²) in [4.78, 5) is 0. The SMILES string of the molecule is [Al+3].[Fe+2].[Li+].[O-2].[O-2].[O-2]. The molecule has 0 rings (SSSR count). The van der Waals surface area contributed by atoms with Crippen LogP contribution in [0.25, 0.3) is 0 Å². The summed E-state index contributed by atoms with van der Waals surface area (Å²) < 4.78 is 0. The Balaban J connectivity index is 0. The Kier molecular flexibility index (Phi) is 1950. The molecule has 0 aliphatic carbocycles. The molecule has 0 aromatic carbocycles. The Hall–Kier alpha value is 1.53. The van der Waals surface area contributed by atoms with Gasteiger partial charge in [0.1, 0.15) is 0 Å². The van der Waals surface area contributed by atoms with Gasteiger partial charge in [-0.05, 0) is 0 Å². The minimum absolute atomic E-state index is 0. The third-order valence-corrected chi connectivity index (χ3v) is 0. The van der Waals surface area contributed by atoms with Crippen LogP contribution in [0.3, 0.4) is 0 Å². The molecule has 0 N–H and O–H groups in total. The molecule has 0 saturated heterocycles. The van der Waals surface area contributed by atoms with Gasteiger partial charge in [-0.1, -0.05) is 0 Å². The summed E-state index contributed by atoms with van der Waals surface area (Å²) >= 11 is 0. The summed E-state index contributed by atoms with van der Waals surface area (Å²) in [6.07, 6.45) is 0. The monoisotopic (exact) mass is 138 g/mol. The van der Waals surface area contributed by atoms with Crippen LogP contribution in [-0.2, 0) is 33.5 Å². The van der Waals surface area contributed by atoms with Gasteiger partial charge in [-0.2, -0.15) is 0 Å². The van der Waals surface area contributed by atoms with Crippen molar-refractivity contribution in [1.29, 1.82) is 0 Å². The topological polar surface area (TPSA) is 85.5 Å². The zero-order chi connectivity index (χ0) is 0. The molecule has 0 radical (unpaired) electrons. The predicted molar refractivity (Wildman–Crippen MR) is 7.81 cm³/mol. The third kappa shape index (κ3) is 48.5. The van der Waals surface area contributed by atoms with Crippen LogP contribution in [0.1, 0.15) is 0 Å². The van der Waals surface area contributed by atoms with Crippen molar-refractivity contribution in [2.75, 3.05) is 0 Å². The average molecular weight is 138 g/mol. The van der Waals surface area contributed by atoms with Gasteiger partial charge in [0, 0.05) is 0 Å². The molecular weight excluding hydrogens is 138 g/mol. The first-order chi connectivity index (χ1) is 0. The van der Waals surface area contributed by atoms with E-state index >= 15 is 0 Å². The first-order valence-electron chi connectivity index (χ1n) is 0. The normalized spacial score (nSPS) is 0. The van der Waals surface area contributed by atoms with Crippen molar-refractivity contribution in [1.82, 2.24) is 0 Å². The van der Waals surface area contributed by atoms with E-state index in [1.165, 1.54) is 0 Å². The van der Waals surface area contributed by atoms with E-state index in [0.717, 1.165) is 0 Å². The zero-order valence-corrected chi connectivity index (χ0v) is 5.41. The van der Waals surface area contributed by atoms with E-state index in [0.29, 0.717) is 0 Å². The maximum atomic E-state index is 0. The maximum absolute atomic E-state index is 0. The van der Waals surface area contributed by atoms with E-state index in [2.05, 4.69) is 0 Å². The molecule has 0 atom stereocenters. The van der Waals surface area contributed by atoms with Gasteiger partial charge in [-0.15, -0.1) is 0 Å². The molecule has 0 bridgehead atoms. The van der Waals surface area contributed by atoms with Crippen molar-refractivity contribution in [2.24, 2.45) is 0 Å². The molecule has 0 unspecified atom stereocenters. The van der Waals surface area contributed by atoms with Crippen LogP contribution in [0.15, 0.2) is 0 Å². The van der Waals surface area contributed by atoms with Crippen LogP contribution >= 0.6 is 0 Å². The van der Waals surface area contributed by atoms with Crippen molar-refractivity contribution in [3.8, 4) is 0 Å². The van der Waals surface area contributed by atoms with E-state index in [9.17, 15) is 0 Å². The fourth-order valence-corrected chi connectivity index (χ4v) is 0. The predicted octanol–water partition coefficient (Wildman–Crippen LogP) is -3.74. The molecule has 0 spiro atoms. The average Bonchev–Trinajstić information content (AvgIpc) is 0. The van der Waals surface area contributed by atoms with Gasteiger partial charge in [-0.3, -0.25) is 0 Å². The molecule has 3 nitrogen and oxygen atoms in total. The quantitative estimate of drug-likeness (QED) is 0.308. The van der Waals surface area contributed by atoms with Gasteiger partial charge in [-0.25, -0.2) is 0 Å². The van der Waals surface area contributed by atoms with Crippen molar-refractivity contribution in [2.45, 2.75) is 0 Å². The molecule has 0 amide bonds. The van der Waals surface area contributed by atoms with Crippen molar-refractivity contribution in [3.63, 3.8) is 0 Å². The summed E-state index contributed by atoms with van der Waals surface area (Å²) in [7, 11) is 0. The second-order valence-corrected chi connectivity index (χ2v) is 0. The van der Waals surface area contributed by atoms with E-state index in [4.69, 9.17) is 0 Å². The molecule has 0 saturated carbocycles. The fraction of sp³-hybridized carbons (Fsp3) is 0. The molecule has 0 heterocycles. The first-order valence-corrected chi connectivity index (χ1v) is 0. The zero-order valence-electron chi connectivity index (χ0n) is 3.16. The minimum atomic E-state index is 0. The van der Waals surface area contributed by atoms with Crippen LogP contribution in [0.4, 0.5) is 0 Å². The van der Waals surface area contributed by atoms with Gasteiger partial charge in [0.05, 0.1) is 0 Å². The van der Waals surface area contributed by atoms with E-state index in [-0.39, 0.29) is 69.7 Å². The summed E-state index contributed by atoms with van der Waals surface area (Å²) in [6.45, 7) is 0. The number of rotatable bonds is 0. The standard InChI is InChI=1S/Al.Fe.Li.3O/q+3;+2;+1;3*-2. The van der Waals surface area contributed by atoms with Gasteiger partial charge < -0.3 is 16.4 Å². The molecule has 0 fully saturated rings. The molecular formula is AlFeLiO3. The molecule has 0 aromatic rings. The van der Waals surface area contributed by atoms with Crippen LogP contribution < -0.4 is 18.9 Å². The first kappa shape index (κ1) is 137. The molecule has 0 aromatic heterocycles. The Bertz CT molecular complexity index is 10.8. The summed E-state index contributed by atoms with van der Waals surface area (Å²) in [6, 6.07) is 0. The Labute approximate surface area is 69.6 Å². The fourth-order valence-electron chi connectivity index (χ4n) is 0. The second kappa shape index (κ2) is 85.4. The number of hydrogen-bond acceptors (Lipinski definition) is 0. The van der Waals surface area contributed by atoms with Crippen molar-refractivity contribution in [3.05, 3.63) is 0 Å². The van der Waals surface area contributed by atoms with Gasteiger partial charge >= 0.3 is 53.3 Å². The van der Waals surface area contributed by atoms with E-state index < -0.39 is 0 Å². The van der Waals surface area contributed by atoms with E-state index in [1.54, 1.807) is 0 Å². The minimum Gasteiger partial charge on any atom is -2.00 e. The Morgan fingerprint density at radius 1 is 0.667 bits per heavy atom. The summed E-state index contributed by atoms with van der Waals surface area (Å²) in [5.74, 6) is 0. The van der Waals surface area contributed by atoms with Crippen LogP contribution in [0, 0.1) is 0 Å². The van der Waals surface area contributed by atoms with Crippen LogP contribution in [-0.4, -0.2) is 17.4 Å². The number of hydrogen-bond donors (Lipinski definition) is 0. The third-order valence-electron chi connectivity index (χ3n) is 0. The van der Waals surface area contributed by atoms with Crippen molar-refractivity contribution >= 4 is 17.4 Å². The summed E-state index contributed by atoms with van der Waals surface area (Å²) in [5.41, 5.74) is 0. The maximum Gasteiger partial charge on any atom is 3.00 e. The van der Waals surface area contributed by atoms with Gasteiger partial charge in [0.15, 0.2) is 0 Å². The molecule has 0 aliphatic heterocycles. The molecule has 6 heteroatoms. The largest absolute Gasteiger partial charge is 3.00 e. The van der Waals surface area contributed by atoms with E-state index in [1.807, 2.05) is 0 Å².